The van der Waals surface area contributed by atoms with Crippen molar-refractivity contribution in [3.05, 3.63) is 35.9 Å². The maximum atomic E-state index is 12.6. The van der Waals surface area contributed by atoms with E-state index < -0.39 is 6.10 Å². The van der Waals surface area contributed by atoms with Crippen LogP contribution in [-0.2, 0) is 4.79 Å². The molecular weight excluding hydrogens is 376 g/mol. The maximum absolute atomic E-state index is 12.6. The summed E-state index contributed by atoms with van der Waals surface area (Å²) >= 11 is 0. The van der Waals surface area contributed by atoms with E-state index in [1.54, 1.807) is 0 Å². The van der Waals surface area contributed by atoms with E-state index in [1.807, 2.05) is 30.3 Å². The number of hydrogen-bond donors (Lipinski definition) is 3. The van der Waals surface area contributed by atoms with Crippen molar-refractivity contribution in [1.82, 2.24) is 10.2 Å². The molecule has 2 rings (SSSR count). The number of carbonyl (C=O) groups is 1. The van der Waals surface area contributed by atoms with Gasteiger partial charge in [-0.1, -0.05) is 75.8 Å². The quantitative estimate of drug-likeness (QED) is 0.399. The number of amides is 1. The van der Waals surface area contributed by atoms with Gasteiger partial charge >= 0.3 is 0 Å². The molecule has 1 amide bonds. The Morgan fingerprint density at radius 3 is 2.53 bits per heavy atom. The Balaban J connectivity index is 1.86. The van der Waals surface area contributed by atoms with Gasteiger partial charge < -0.3 is 20.4 Å². The van der Waals surface area contributed by atoms with Gasteiger partial charge in [-0.05, 0) is 37.3 Å². The van der Waals surface area contributed by atoms with Gasteiger partial charge in [0.2, 0.25) is 5.91 Å². The van der Waals surface area contributed by atoms with Gasteiger partial charge in [0.25, 0.3) is 0 Å². The monoisotopic (exact) mass is 418 g/mol. The molecule has 1 aliphatic rings. The maximum Gasteiger partial charge on any atom is 0.220 e. The lowest BCUT2D eigenvalue weighted by molar-refractivity contribution is -0.123. The molecule has 0 aliphatic carbocycles. The standard InChI is InChI=1S/C25H42N2O3/c1-2-3-4-5-6-7-11-16-24(29)26-23(25(30)22-14-9-8-10-15-22)19-27-17-12-13-21(18-27)20-28/h8-10,14-15,21,23,25,28,30H,2-7,11-13,16-20H2,1H3,(H,26,29)/t21?,23-,25-/m0/s1. The van der Waals surface area contributed by atoms with E-state index in [0.29, 0.717) is 13.0 Å². The van der Waals surface area contributed by atoms with Gasteiger partial charge in [0.15, 0.2) is 0 Å². The number of piperidine rings is 1. The third kappa shape index (κ3) is 9.15. The summed E-state index contributed by atoms with van der Waals surface area (Å²) in [5, 5.41) is 23.6. The lowest BCUT2D eigenvalue weighted by atomic mass is 9.96. The molecule has 30 heavy (non-hydrogen) atoms. The van der Waals surface area contributed by atoms with Crippen molar-refractivity contribution in [2.45, 2.75) is 83.3 Å². The number of benzene rings is 1. The Hall–Kier alpha value is -1.43. The lowest BCUT2D eigenvalue weighted by Crippen LogP contribution is -2.49. The van der Waals surface area contributed by atoms with Crippen molar-refractivity contribution in [2.75, 3.05) is 26.2 Å². The predicted octanol–water partition coefficient (Wildman–Crippen LogP) is 4.05. The van der Waals surface area contributed by atoms with Crippen LogP contribution in [0.2, 0.25) is 0 Å². The zero-order valence-corrected chi connectivity index (χ0v) is 18.8. The van der Waals surface area contributed by atoms with Crippen LogP contribution in [0.4, 0.5) is 0 Å². The minimum atomic E-state index is -0.737. The molecule has 0 bridgehead atoms. The predicted molar refractivity (Wildman–Crippen MR) is 122 cm³/mol. The molecule has 1 fully saturated rings. The van der Waals surface area contributed by atoms with Crippen molar-refractivity contribution < 1.29 is 15.0 Å². The van der Waals surface area contributed by atoms with E-state index in [9.17, 15) is 15.0 Å². The topological polar surface area (TPSA) is 72.8 Å². The first-order chi connectivity index (χ1) is 14.6. The Kier molecular flexibility index (Phi) is 12.0. The summed E-state index contributed by atoms with van der Waals surface area (Å²) in [6.45, 7) is 4.80. The summed E-state index contributed by atoms with van der Waals surface area (Å²) in [5.74, 6) is 0.316. The molecule has 1 heterocycles. The minimum absolute atomic E-state index is 0.0271. The third-order valence-corrected chi connectivity index (χ3v) is 6.19. The van der Waals surface area contributed by atoms with Crippen molar-refractivity contribution >= 4 is 5.91 Å². The summed E-state index contributed by atoms with van der Waals surface area (Å²) in [7, 11) is 0. The first kappa shape index (κ1) is 24.8. The molecule has 0 aromatic heterocycles. The molecule has 1 aromatic carbocycles. The fraction of sp³-hybridized carbons (Fsp3) is 0.720. The van der Waals surface area contributed by atoms with E-state index in [1.165, 1.54) is 32.1 Å². The van der Waals surface area contributed by atoms with Gasteiger partial charge in [-0.2, -0.15) is 0 Å². The molecular formula is C25H42N2O3. The van der Waals surface area contributed by atoms with Gasteiger partial charge in [0, 0.05) is 26.1 Å². The molecule has 1 unspecified atom stereocenters. The largest absolute Gasteiger partial charge is 0.396 e. The van der Waals surface area contributed by atoms with Crippen LogP contribution in [0.5, 0.6) is 0 Å². The zero-order chi connectivity index (χ0) is 21.6. The van der Waals surface area contributed by atoms with Crippen molar-refractivity contribution in [1.29, 1.82) is 0 Å². The van der Waals surface area contributed by atoms with Crippen LogP contribution in [0.15, 0.2) is 30.3 Å². The summed E-state index contributed by atoms with van der Waals surface area (Å²) in [4.78, 5) is 14.9. The first-order valence-corrected chi connectivity index (χ1v) is 12.0. The molecule has 5 nitrogen and oxygen atoms in total. The zero-order valence-electron chi connectivity index (χ0n) is 18.8. The van der Waals surface area contributed by atoms with E-state index in [0.717, 1.165) is 44.3 Å². The summed E-state index contributed by atoms with van der Waals surface area (Å²) in [5.41, 5.74) is 0.828. The molecule has 3 N–H and O–H groups in total. The Bertz CT molecular complexity index is 581. The molecule has 0 spiro atoms. The van der Waals surface area contributed by atoms with Crippen molar-refractivity contribution in [3.63, 3.8) is 0 Å². The number of hydrogen-bond acceptors (Lipinski definition) is 4. The van der Waals surface area contributed by atoms with E-state index >= 15 is 0 Å². The Morgan fingerprint density at radius 2 is 1.83 bits per heavy atom. The summed E-state index contributed by atoms with van der Waals surface area (Å²) in [6, 6.07) is 9.24. The minimum Gasteiger partial charge on any atom is -0.396 e. The first-order valence-electron chi connectivity index (χ1n) is 12.0. The number of aliphatic hydroxyl groups is 2. The number of carbonyl (C=O) groups excluding carboxylic acids is 1. The number of nitrogens with zero attached hydrogens (tertiary/aromatic N) is 1. The average Bonchev–Trinajstić information content (AvgIpc) is 2.78. The van der Waals surface area contributed by atoms with Crippen LogP contribution >= 0.6 is 0 Å². The molecule has 170 valence electrons. The molecule has 0 saturated carbocycles. The highest BCUT2D eigenvalue weighted by atomic mass is 16.3. The highest BCUT2D eigenvalue weighted by Crippen LogP contribution is 2.21. The second kappa shape index (κ2) is 14.6. The second-order valence-corrected chi connectivity index (χ2v) is 8.85. The fourth-order valence-corrected chi connectivity index (χ4v) is 4.37. The fourth-order valence-electron chi connectivity index (χ4n) is 4.37. The molecule has 1 aromatic rings. The smallest absolute Gasteiger partial charge is 0.220 e. The number of nitrogens with one attached hydrogen (secondary N) is 1. The third-order valence-electron chi connectivity index (χ3n) is 6.19. The van der Waals surface area contributed by atoms with E-state index in [4.69, 9.17) is 0 Å². The number of unbranched alkanes of at least 4 members (excludes halogenated alkanes) is 6. The van der Waals surface area contributed by atoms with Crippen LogP contribution in [0, 0.1) is 5.92 Å². The Morgan fingerprint density at radius 1 is 1.13 bits per heavy atom. The van der Waals surface area contributed by atoms with E-state index in [-0.39, 0.29) is 24.5 Å². The van der Waals surface area contributed by atoms with Gasteiger partial charge in [0.05, 0.1) is 6.04 Å². The van der Waals surface area contributed by atoms with Crippen LogP contribution < -0.4 is 5.32 Å². The van der Waals surface area contributed by atoms with Crippen LogP contribution in [-0.4, -0.2) is 53.3 Å². The number of likely N-dealkylation sites (tertiary alicyclic amines) is 1. The molecule has 3 atom stereocenters. The second-order valence-electron chi connectivity index (χ2n) is 8.85. The van der Waals surface area contributed by atoms with Crippen LogP contribution in [0.1, 0.15) is 82.8 Å². The van der Waals surface area contributed by atoms with Gasteiger partial charge in [-0.15, -0.1) is 0 Å². The molecule has 1 saturated heterocycles. The Labute approximate surface area is 182 Å². The number of aliphatic hydroxyl groups excluding tert-OH is 2. The average molecular weight is 419 g/mol. The van der Waals surface area contributed by atoms with Crippen molar-refractivity contribution in [2.24, 2.45) is 5.92 Å². The normalized spacial score (nSPS) is 19.4. The van der Waals surface area contributed by atoms with Crippen LogP contribution in [0.3, 0.4) is 0 Å². The molecule has 0 radical (unpaired) electrons. The highest BCUT2D eigenvalue weighted by Gasteiger charge is 2.27. The highest BCUT2D eigenvalue weighted by molar-refractivity contribution is 5.76. The van der Waals surface area contributed by atoms with Crippen molar-refractivity contribution in [3.8, 4) is 0 Å². The van der Waals surface area contributed by atoms with Gasteiger partial charge in [-0.25, -0.2) is 0 Å². The SMILES string of the molecule is CCCCCCCCCC(=O)N[C@@H](CN1CCCC(CO)C1)[C@@H](O)c1ccccc1. The lowest BCUT2D eigenvalue weighted by Gasteiger charge is -2.36. The summed E-state index contributed by atoms with van der Waals surface area (Å²) < 4.78 is 0. The van der Waals surface area contributed by atoms with Gasteiger partial charge in [-0.3, -0.25) is 4.79 Å². The molecule has 1 aliphatic heterocycles. The van der Waals surface area contributed by atoms with Crippen LogP contribution in [0.25, 0.3) is 0 Å². The van der Waals surface area contributed by atoms with E-state index in [2.05, 4.69) is 17.1 Å². The summed E-state index contributed by atoms with van der Waals surface area (Å²) in [6.07, 6.45) is 10.2. The molecule has 5 heteroatoms. The number of rotatable bonds is 14. The van der Waals surface area contributed by atoms with Gasteiger partial charge in [0.1, 0.15) is 6.10 Å².